The van der Waals surface area contributed by atoms with Crippen LogP contribution in [0.2, 0.25) is 0 Å². The minimum Gasteiger partial charge on any atom is -0.350 e. The highest BCUT2D eigenvalue weighted by Crippen LogP contribution is 2.22. The molecule has 27 heavy (non-hydrogen) atoms. The number of aromatic nitrogens is 2. The van der Waals surface area contributed by atoms with E-state index >= 15 is 0 Å². The SMILES string of the molecule is CCN(c1ccccc1)c1ccc(C(=O)NCCc2ccc(F)cc2)nn1. The first-order chi connectivity index (χ1) is 13.2. The van der Waals surface area contributed by atoms with Gasteiger partial charge in [-0.2, -0.15) is 0 Å². The molecule has 5 nitrogen and oxygen atoms in total. The van der Waals surface area contributed by atoms with Gasteiger partial charge in [-0.15, -0.1) is 10.2 Å². The number of anilines is 2. The summed E-state index contributed by atoms with van der Waals surface area (Å²) in [4.78, 5) is 14.2. The molecule has 1 aromatic heterocycles. The molecule has 0 atom stereocenters. The molecule has 0 fully saturated rings. The van der Waals surface area contributed by atoms with Crippen molar-refractivity contribution in [2.75, 3.05) is 18.0 Å². The third-order valence-corrected chi connectivity index (χ3v) is 4.16. The molecule has 1 heterocycles. The Morgan fingerprint density at radius 2 is 1.74 bits per heavy atom. The van der Waals surface area contributed by atoms with E-state index in [4.69, 9.17) is 0 Å². The first-order valence-corrected chi connectivity index (χ1v) is 8.86. The third-order valence-electron chi connectivity index (χ3n) is 4.16. The number of benzene rings is 2. The predicted octanol–water partition coefficient (Wildman–Crippen LogP) is 3.75. The number of hydrogen-bond donors (Lipinski definition) is 1. The minimum atomic E-state index is -0.279. The number of rotatable bonds is 7. The fourth-order valence-electron chi connectivity index (χ4n) is 2.74. The van der Waals surface area contributed by atoms with Crippen LogP contribution in [0.5, 0.6) is 0 Å². The molecule has 0 radical (unpaired) electrons. The van der Waals surface area contributed by atoms with Crippen molar-refractivity contribution in [2.24, 2.45) is 0 Å². The van der Waals surface area contributed by atoms with Gasteiger partial charge >= 0.3 is 0 Å². The van der Waals surface area contributed by atoms with Crippen molar-refractivity contribution in [3.05, 3.63) is 83.8 Å². The summed E-state index contributed by atoms with van der Waals surface area (Å²) in [5.41, 5.74) is 2.24. The van der Waals surface area contributed by atoms with E-state index in [1.165, 1.54) is 12.1 Å². The molecule has 0 saturated heterocycles. The van der Waals surface area contributed by atoms with Gasteiger partial charge in [-0.05, 0) is 55.3 Å². The van der Waals surface area contributed by atoms with Crippen LogP contribution >= 0.6 is 0 Å². The van der Waals surface area contributed by atoms with E-state index in [0.29, 0.717) is 18.8 Å². The summed E-state index contributed by atoms with van der Waals surface area (Å²) >= 11 is 0. The molecule has 6 heteroatoms. The molecule has 2 aromatic carbocycles. The maximum atomic E-state index is 12.9. The van der Waals surface area contributed by atoms with Gasteiger partial charge < -0.3 is 10.2 Å². The smallest absolute Gasteiger partial charge is 0.271 e. The molecular formula is C21H21FN4O. The molecule has 1 amide bonds. The second kappa shape index (κ2) is 8.89. The molecule has 0 bridgehead atoms. The zero-order valence-electron chi connectivity index (χ0n) is 15.1. The van der Waals surface area contributed by atoms with Crippen LogP contribution in [-0.4, -0.2) is 29.2 Å². The Kier molecular flexibility index (Phi) is 6.10. The first-order valence-electron chi connectivity index (χ1n) is 8.86. The Morgan fingerprint density at radius 1 is 1.00 bits per heavy atom. The molecule has 0 unspecified atom stereocenters. The van der Waals surface area contributed by atoms with Crippen molar-refractivity contribution in [1.29, 1.82) is 0 Å². The molecule has 0 aliphatic carbocycles. The van der Waals surface area contributed by atoms with Crippen LogP contribution in [0.1, 0.15) is 23.0 Å². The highest BCUT2D eigenvalue weighted by molar-refractivity contribution is 5.92. The number of nitrogens with zero attached hydrogens (tertiary/aromatic N) is 3. The summed E-state index contributed by atoms with van der Waals surface area (Å²) in [6.07, 6.45) is 0.620. The van der Waals surface area contributed by atoms with Crippen LogP contribution in [0, 0.1) is 5.82 Å². The number of carbonyl (C=O) groups is 1. The van der Waals surface area contributed by atoms with Crippen molar-refractivity contribution in [3.8, 4) is 0 Å². The summed E-state index contributed by atoms with van der Waals surface area (Å²) < 4.78 is 12.9. The quantitative estimate of drug-likeness (QED) is 0.694. The van der Waals surface area contributed by atoms with Crippen LogP contribution in [0.25, 0.3) is 0 Å². The van der Waals surface area contributed by atoms with E-state index in [1.807, 2.05) is 42.2 Å². The lowest BCUT2D eigenvalue weighted by Crippen LogP contribution is -2.27. The number of amides is 1. The van der Waals surface area contributed by atoms with Gasteiger partial charge in [-0.25, -0.2) is 4.39 Å². The van der Waals surface area contributed by atoms with E-state index in [9.17, 15) is 9.18 Å². The summed E-state index contributed by atoms with van der Waals surface area (Å²) in [6, 6.07) is 19.6. The number of hydrogen-bond acceptors (Lipinski definition) is 4. The van der Waals surface area contributed by atoms with Gasteiger partial charge in [0.2, 0.25) is 0 Å². The first kappa shape index (κ1) is 18.5. The molecular weight excluding hydrogens is 343 g/mol. The van der Waals surface area contributed by atoms with Crippen molar-refractivity contribution in [2.45, 2.75) is 13.3 Å². The Hall–Kier alpha value is -3.28. The Bertz CT molecular complexity index is 867. The van der Waals surface area contributed by atoms with Crippen molar-refractivity contribution < 1.29 is 9.18 Å². The van der Waals surface area contributed by atoms with Crippen molar-refractivity contribution in [1.82, 2.24) is 15.5 Å². The normalized spacial score (nSPS) is 10.4. The summed E-state index contributed by atoms with van der Waals surface area (Å²) in [5, 5.41) is 11.1. The summed E-state index contributed by atoms with van der Waals surface area (Å²) in [5.74, 6) is 0.139. The van der Waals surface area contributed by atoms with Gasteiger partial charge in [0, 0.05) is 18.8 Å². The van der Waals surface area contributed by atoms with E-state index in [1.54, 1.807) is 24.3 Å². The molecule has 3 rings (SSSR count). The van der Waals surface area contributed by atoms with Crippen LogP contribution in [-0.2, 0) is 6.42 Å². The molecule has 1 N–H and O–H groups in total. The maximum absolute atomic E-state index is 12.9. The zero-order valence-corrected chi connectivity index (χ0v) is 15.1. The van der Waals surface area contributed by atoms with Crippen LogP contribution in [0.3, 0.4) is 0 Å². The monoisotopic (exact) mass is 364 g/mol. The van der Waals surface area contributed by atoms with E-state index < -0.39 is 0 Å². The molecule has 3 aromatic rings. The van der Waals surface area contributed by atoms with Crippen LogP contribution < -0.4 is 10.2 Å². The molecule has 0 aliphatic rings. The van der Waals surface area contributed by atoms with E-state index in [2.05, 4.69) is 15.5 Å². The Balaban J connectivity index is 1.59. The predicted molar refractivity (Wildman–Crippen MR) is 104 cm³/mol. The summed E-state index contributed by atoms with van der Waals surface area (Å²) in [7, 11) is 0. The number of halogens is 1. The van der Waals surface area contributed by atoms with Gasteiger partial charge in [0.05, 0.1) is 0 Å². The van der Waals surface area contributed by atoms with E-state index in [-0.39, 0.29) is 17.4 Å². The summed E-state index contributed by atoms with van der Waals surface area (Å²) in [6.45, 7) is 3.21. The standard InChI is InChI=1S/C21H21FN4O/c1-2-26(18-6-4-3-5-7-18)20-13-12-19(24-25-20)21(27)23-15-14-16-8-10-17(22)11-9-16/h3-13H,2,14-15H2,1H3,(H,23,27). The van der Waals surface area contributed by atoms with Gasteiger partial charge in [-0.1, -0.05) is 30.3 Å². The zero-order chi connectivity index (χ0) is 19.1. The number of nitrogens with one attached hydrogen (secondary N) is 1. The lowest BCUT2D eigenvalue weighted by Gasteiger charge is -2.21. The lowest BCUT2D eigenvalue weighted by molar-refractivity contribution is 0.0948. The van der Waals surface area contributed by atoms with Gasteiger partial charge in [-0.3, -0.25) is 4.79 Å². The highest BCUT2D eigenvalue weighted by Gasteiger charge is 2.12. The van der Waals surface area contributed by atoms with E-state index in [0.717, 1.165) is 17.8 Å². The minimum absolute atomic E-state index is 0.266. The lowest BCUT2D eigenvalue weighted by atomic mass is 10.1. The Morgan fingerprint density at radius 3 is 2.37 bits per heavy atom. The highest BCUT2D eigenvalue weighted by atomic mass is 19.1. The number of carbonyl (C=O) groups excluding carboxylic acids is 1. The van der Waals surface area contributed by atoms with Crippen LogP contribution in [0.4, 0.5) is 15.9 Å². The van der Waals surface area contributed by atoms with Gasteiger partial charge in [0.15, 0.2) is 11.5 Å². The van der Waals surface area contributed by atoms with Gasteiger partial charge in [0.25, 0.3) is 5.91 Å². The fourth-order valence-corrected chi connectivity index (χ4v) is 2.74. The maximum Gasteiger partial charge on any atom is 0.271 e. The van der Waals surface area contributed by atoms with Crippen molar-refractivity contribution in [3.63, 3.8) is 0 Å². The molecule has 0 spiro atoms. The van der Waals surface area contributed by atoms with Crippen LogP contribution in [0.15, 0.2) is 66.7 Å². The largest absolute Gasteiger partial charge is 0.350 e. The van der Waals surface area contributed by atoms with Gasteiger partial charge in [0.1, 0.15) is 5.82 Å². The average molecular weight is 364 g/mol. The second-order valence-corrected chi connectivity index (χ2v) is 5.99. The molecule has 0 aliphatic heterocycles. The second-order valence-electron chi connectivity index (χ2n) is 5.99. The topological polar surface area (TPSA) is 58.1 Å². The van der Waals surface area contributed by atoms with Crippen molar-refractivity contribution >= 4 is 17.4 Å². The average Bonchev–Trinajstić information content (AvgIpc) is 2.71. The number of para-hydroxylation sites is 1. The Labute approximate surface area is 157 Å². The molecule has 0 saturated carbocycles. The molecule has 138 valence electrons. The third kappa shape index (κ3) is 4.88. The fraction of sp³-hybridized carbons (Fsp3) is 0.190.